The molecule has 3 nitrogen and oxygen atoms in total. The summed E-state index contributed by atoms with van der Waals surface area (Å²) < 4.78 is 5.52. The summed E-state index contributed by atoms with van der Waals surface area (Å²) in [5, 5.41) is 0. The third-order valence-corrected chi connectivity index (χ3v) is 3.69. The van der Waals surface area contributed by atoms with Crippen LogP contribution in [0.2, 0.25) is 0 Å². The second-order valence-electron chi connectivity index (χ2n) is 6.17. The quantitative estimate of drug-likeness (QED) is 0.858. The average Bonchev–Trinajstić information content (AvgIpc) is 2.35. The highest BCUT2D eigenvalue weighted by molar-refractivity contribution is 5.64. The predicted molar refractivity (Wildman–Crippen MR) is 83.2 cm³/mol. The minimum atomic E-state index is 0.181. The molecule has 1 rings (SSSR count). The summed E-state index contributed by atoms with van der Waals surface area (Å²) in [5.41, 5.74) is 9.64. The van der Waals surface area contributed by atoms with Gasteiger partial charge in [-0.05, 0) is 49.4 Å². The lowest BCUT2D eigenvalue weighted by Crippen LogP contribution is -2.30. The van der Waals surface area contributed by atoms with E-state index in [4.69, 9.17) is 10.5 Å². The van der Waals surface area contributed by atoms with E-state index in [0.717, 1.165) is 18.7 Å². The molecule has 1 aromatic carbocycles. The monoisotopic (exact) mass is 264 g/mol. The number of methoxy groups -OCH3 is 1. The van der Waals surface area contributed by atoms with Crippen molar-refractivity contribution in [1.29, 1.82) is 0 Å². The van der Waals surface area contributed by atoms with Crippen LogP contribution in [0.25, 0.3) is 0 Å². The molecule has 0 fully saturated rings. The van der Waals surface area contributed by atoms with Crippen LogP contribution in [-0.2, 0) is 0 Å². The van der Waals surface area contributed by atoms with Gasteiger partial charge in [0.2, 0.25) is 0 Å². The summed E-state index contributed by atoms with van der Waals surface area (Å²) in [6, 6.07) is 4.29. The summed E-state index contributed by atoms with van der Waals surface area (Å²) in [7, 11) is 3.85. The van der Waals surface area contributed by atoms with Crippen molar-refractivity contribution in [1.82, 2.24) is 0 Å². The highest BCUT2D eigenvalue weighted by atomic mass is 16.5. The van der Waals surface area contributed by atoms with E-state index in [0.29, 0.717) is 6.54 Å². The first-order chi connectivity index (χ1) is 8.80. The zero-order chi connectivity index (χ0) is 14.6. The van der Waals surface area contributed by atoms with Crippen molar-refractivity contribution in [3.05, 3.63) is 23.3 Å². The molecule has 0 aliphatic rings. The third-order valence-electron chi connectivity index (χ3n) is 3.69. The Morgan fingerprint density at radius 3 is 2.42 bits per heavy atom. The van der Waals surface area contributed by atoms with E-state index in [1.54, 1.807) is 7.11 Å². The van der Waals surface area contributed by atoms with Gasteiger partial charge in [-0.25, -0.2) is 0 Å². The smallest absolute Gasteiger partial charge is 0.142 e. The van der Waals surface area contributed by atoms with Crippen molar-refractivity contribution in [2.75, 3.05) is 32.1 Å². The highest BCUT2D eigenvalue weighted by Crippen LogP contribution is 2.33. The largest absolute Gasteiger partial charge is 0.495 e. The van der Waals surface area contributed by atoms with Crippen molar-refractivity contribution in [3.63, 3.8) is 0 Å². The number of hydrogen-bond donors (Lipinski definition) is 1. The molecule has 0 atom stereocenters. The van der Waals surface area contributed by atoms with Gasteiger partial charge in [0.05, 0.1) is 12.8 Å². The van der Waals surface area contributed by atoms with Gasteiger partial charge in [-0.15, -0.1) is 0 Å². The van der Waals surface area contributed by atoms with E-state index in [2.05, 4.69) is 51.8 Å². The summed E-state index contributed by atoms with van der Waals surface area (Å²) in [6.45, 7) is 10.3. The number of hydrogen-bond acceptors (Lipinski definition) is 3. The number of anilines is 1. The molecule has 0 aromatic heterocycles. The molecule has 3 heteroatoms. The summed E-state index contributed by atoms with van der Waals surface area (Å²) >= 11 is 0. The van der Waals surface area contributed by atoms with Crippen LogP contribution in [0, 0.1) is 19.3 Å². The number of nitrogens with two attached hydrogens (primary N) is 1. The van der Waals surface area contributed by atoms with E-state index < -0.39 is 0 Å². The summed E-state index contributed by atoms with van der Waals surface area (Å²) in [5.74, 6) is 0.950. The van der Waals surface area contributed by atoms with Crippen LogP contribution >= 0.6 is 0 Å². The fourth-order valence-corrected chi connectivity index (χ4v) is 2.25. The lowest BCUT2D eigenvalue weighted by Gasteiger charge is -2.29. The number of aryl methyl sites for hydroxylation is 2. The Morgan fingerprint density at radius 2 is 1.89 bits per heavy atom. The Kier molecular flexibility index (Phi) is 5.24. The summed E-state index contributed by atoms with van der Waals surface area (Å²) in [4.78, 5) is 2.27. The standard InChI is InChI=1S/C16H28N2O/c1-12-9-13(2)15(14(10-12)19-6)18(5)8-7-16(3,4)11-17/h9-10H,7-8,11,17H2,1-6H3. The molecule has 2 N–H and O–H groups in total. The molecule has 0 bridgehead atoms. The zero-order valence-electron chi connectivity index (χ0n) is 13.2. The molecule has 0 heterocycles. The van der Waals surface area contributed by atoms with Crippen LogP contribution in [0.1, 0.15) is 31.4 Å². The molecule has 0 spiro atoms. The van der Waals surface area contributed by atoms with Gasteiger partial charge in [0.15, 0.2) is 0 Å². The first kappa shape index (κ1) is 15.8. The SMILES string of the molecule is COc1cc(C)cc(C)c1N(C)CCC(C)(C)CN. The molecular weight excluding hydrogens is 236 g/mol. The van der Waals surface area contributed by atoms with Crippen molar-refractivity contribution < 1.29 is 4.74 Å². The van der Waals surface area contributed by atoms with Crippen LogP contribution in [0.15, 0.2) is 12.1 Å². The molecule has 1 aromatic rings. The van der Waals surface area contributed by atoms with Gasteiger partial charge in [0, 0.05) is 13.6 Å². The molecule has 0 unspecified atom stereocenters. The van der Waals surface area contributed by atoms with Gasteiger partial charge >= 0.3 is 0 Å². The fraction of sp³-hybridized carbons (Fsp3) is 0.625. The Hall–Kier alpha value is -1.22. The molecule has 0 aliphatic heterocycles. The minimum Gasteiger partial charge on any atom is -0.495 e. The topological polar surface area (TPSA) is 38.5 Å². The number of nitrogens with zero attached hydrogens (tertiary/aromatic N) is 1. The Balaban J connectivity index is 2.90. The Morgan fingerprint density at radius 1 is 1.26 bits per heavy atom. The highest BCUT2D eigenvalue weighted by Gasteiger charge is 2.18. The second-order valence-corrected chi connectivity index (χ2v) is 6.17. The number of benzene rings is 1. The Bertz CT molecular complexity index is 427. The second kappa shape index (κ2) is 6.29. The maximum Gasteiger partial charge on any atom is 0.142 e. The third kappa shape index (κ3) is 4.13. The molecule has 0 aliphatic carbocycles. The van der Waals surface area contributed by atoms with Gasteiger partial charge in [-0.2, -0.15) is 0 Å². The van der Waals surface area contributed by atoms with Crippen LogP contribution in [0.3, 0.4) is 0 Å². The minimum absolute atomic E-state index is 0.181. The maximum atomic E-state index is 5.79. The average molecular weight is 264 g/mol. The van der Waals surface area contributed by atoms with Crippen LogP contribution < -0.4 is 15.4 Å². The van der Waals surface area contributed by atoms with Gasteiger partial charge in [-0.1, -0.05) is 19.9 Å². The van der Waals surface area contributed by atoms with Gasteiger partial charge in [0.1, 0.15) is 5.75 Å². The van der Waals surface area contributed by atoms with Crippen molar-refractivity contribution in [3.8, 4) is 5.75 Å². The molecule has 0 radical (unpaired) electrons. The molecule has 19 heavy (non-hydrogen) atoms. The first-order valence-electron chi connectivity index (χ1n) is 6.87. The normalized spacial score (nSPS) is 11.5. The van der Waals surface area contributed by atoms with E-state index in [1.165, 1.54) is 16.8 Å². The van der Waals surface area contributed by atoms with E-state index in [1.807, 2.05) is 0 Å². The lowest BCUT2D eigenvalue weighted by molar-refractivity contribution is 0.350. The molecule has 0 saturated carbocycles. The molecule has 108 valence electrons. The van der Waals surface area contributed by atoms with Crippen molar-refractivity contribution in [2.24, 2.45) is 11.1 Å². The number of rotatable bonds is 6. The van der Waals surface area contributed by atoms with E-state index >= 15 is 0 Å². The van der Waals surface area contributed by atoms with Crippen molar-refractivity contribution in [2.45, 2.75) is 34.1 Å². The molecule has 0 saturated heterocycles. The van der Waals surface area contributed by atoms with Crippen molar-refractivity contribution >= 4 is 5.69 Å². The molecular formula is C16H28N2O. The maximum absolute atomic E-state index is 5.79. The Labute approximate surface area is 117 Å². The number of ether oxygens (including phenoxy) is 1. The van der Waals surface area contributed by atoms with Gasteiger partial charge in [0.25, 0.3) is 0 Å². The van der Waals surface area contributed by atoms with Gasteiger partial charge < -0.3 is 15.4 Å². The first-order valence-corrected chi connectivity index (χ1v) is 6.87. The fourth-order valence-electron chi connectivity index (χ4n) is 2.25. The van der Waals surface area contributed by atoms with Gasteiger partial charge in [-0.3, -0.25) is 0 Å². The zero-order valence-corrected chi connectivity index (χ0v) is 13.2. The van der Waals surface area contributed by atoms with Crippen LogP contribution in [0.5, 0.6) is 5.75 Å². The predicted octanol–water partition coefficient (Wildman–Crippen LogP) is 3.12. The molecule has 0 amide bonds. The van der Waals surface area contributed by atoms with Crippen LogP contribution in [-0.4, -0.2) is 27.2 Å². The van der Waals surface area contributed by atoms with E-state index in [9.17, 15) is 0 Å². The lowest BCUT2D eigenvalue weighted by atomic mass is 9.89. The van der Waals surface area contributed by atoms with Crippen LogP contribution in [0.4, 0.5) is 5.69 Å². The summed E-state index contributed by atoms with van der Waals surface area (Å²) in [6.07, 6.45) is 1.07. The van der Waals surface area contributed by atoms with E-state index in [-0.39, 0.29) is 5.41 Å².